The molecule has 0 aliphatic heterocycles. The molecule has 0 atom stereocenters. The summed E-state index contributed by atoms with van der Waals surface area (Å²) in [7, 11) is 1.96. The molecule has 0 amide bonds. The number of benzene rings is 1. The summed E-state index contributed by atoms with van der Waals surface area (Å²) in [6, 6.07) is 8.88. The third-order valence-corrected chi connectivity index (χ3v) is 2.59. The van der Waals surface area contributed by atoms with E-state index in [0.717, 1.165) is 12.5 Å². The van der Waals surface area contributed by atoms with Crippen LogP contribution in [0.3, 0.4) is 0 Å². The average molecular weight is 187 g/mol. The Balaban J connectivity index is 2.05. The Morgan fingerprint density at radius 3 is 3.00 bits per heavy atom. The van der Waals surface area contributed by atoms with Crippen LogP contribution in [0, 0.1) is 0 Å². The smallest absolute Gasteiger partial charge is 0.0135 e. The van der Waals surface area contributed by atoms with Crippen molar-refractivity contribution in [2.75, 3.05) is 13.6 Å². The van der Waals surface area contributed by atoms with Gasteiger partial charge in [0.2, 0.25) is 0 Å². The van der Waals surface area contributed by atoms with Crippen molar-refractivity contribution in [1.29, 1.82) is 0 Å². The van der Waals surface area contributed by atoms with Gasteiger partial charge in [-0.15, -0.1) is 0 Å². The largest absolute Gasteiger partial charge is 0.316 e. The quantitative estimate of drug-likeness (QED) is 0.764. The summed E-state index contributed by atoms with van der Waals surface area (Å²) in [6.45, 7) is 0.938. The highest BCUT2D eigenvalue weighted by Gasteiger charge is 2.22. The molecule has 1 aliphatic rings. The molecular formula is C13H17N. The molecule has 0 spiro atoms. The van der Waals surface area contributed by atoms with Gasteiger partial charge in [-0.25, -0.2) is 0 Å². The SMILES string of the molecule is CNCC=Cc1cccc(C2CC2)c1. The van der Waals surface area contributed by atoms with E-state index in [4.69, 9.17) is 0 Å². The summed E-state index contributed by atoms with van der Waals surface area (Å²) in [5.74, 6) is 0.854. The Bertz CT molecular complexity index is 324. The van der Waals surface area contributed by atoms with Crippen molar-refractivity contribution in [3.05, 3.63) is 41.5 Å². The van der Waals surface area contributed by atoms with Crippen LogP contribution in [0.25, 0.3) is 6.08 Å². The van der Waals surface area contributed by atoms with E-state index in [0.29, 0.717) is 0 Å². The maximum absolute atomic E-state index is 3.10. The number of likely N-dealkylation sites (N-methyl/N-ethyl adjacent to an activating group) is 1. The lowest BCUT2D eigenvalue weighted by molar-refractivity contribution is 0.922. The van der Waals surface area contributed by atoms with Crippen molar-refractivity contribution in [1.82, 2.24) is 5.32 Å². The van der Waals surface area contributed by atoms with Gasteiger partial charge in [0.1, 0.15) is 0 Å². The van der Waals surface area contributed by atoms with Crippen molar-refractivity contribution in [3.63, 3.8) is 0 Å². The Hall–Kier alpha value is -1.08. The molecule has 1 heteroatoms. The van der Waals surface area contributed by atoms with Crippen molar-refractivity contribution in [2.45, 2.75) is 18.8 Å². The highest BCUT2D eigenvalue weighted by atomic mass is 14.8. The van der Waals surface area contributed by atoms with Crippen LogP contribution in [0.2, 0.25) is 0 Å². The van der Waals surface area contributed by atoms with Gasteiger partial charge in [0.05, 0.1) is 0 Å². The predicted molar refractivity (Wildman–Crippen MR) is 61.4 cm³/mol. The van der Waals surface area contributed by atoms with Crippen molar-refractivity contribution in [3.8, 4) is 0 Å². The van der Waals surface area contributed by atoms with Crippen LogP contribution in [0.15, 0.2) is 30.3 Å². The Morgan fingerprint density at radius 2 is 2.29 bits per heavy atom. The first-order chi connectivity index (χ1) is 6.90. The number of hydrogen-bond donors (Lipinski definition) is 1. The molecule has 1 aromatic rings. The fourth-order valence-corrected chi connectivity index (χ4v) is 1.65. The minimum atomic E-state index is 0.854. The second-order valence-corrected chi connectivity index (χ2v) is 3.90. The molecule has 1 fully saturated rings. The molecule has 1 N–H and O–H groups in total. The molecule has 0 aromatic heterocycles. The second kappa shape index (κ2) is 4.43. The van der Waals surface area contributed by atoms with Crippen LogP contribution in [-0.4, -0.2) is 13.6 Å². The van der Waals surface area contributed by atoms with Crippen molar-refractivity contribution < 1.29 is 0 Å². The van der Waals surface area contributed by atoms with Gasteiger partial charge < -0.3 is 5.32 Å². The van der Waals surface area contributed by atoms with E-state index in [1.165, 1.54) is 24.0 Å². The highest BCUT2D eigenvalue weighted by Crippen LogP contribution is 2.40. The summed E-state index contributed by atoms with van der Waals surface area (Å²) >= 11 is 0. The molecule has 1 aliphatic carbocycles. The molecule has 2 rings (SSSR count). The number of nitrogens with one attached hydrogen (secondary N) is 1. The zero-order chi connectivity index (χ0) is 9.80. The van der Waals surface area contributed by atoms with Crippen LogP contribution < -0.4 is 5.32 Å². The molecule has 14 heavy (non-hydrogen) atoms. The van der Waals surface area contributed by atoms with Crippen LogP contribution >= 0.6 is 0 Å². The van der Waals surface area contributed by atoms with E-state index < -0.39 is 0 Å². The first-order valence-corrected chi connectivity index (χ1v) is 5.31. The fraction of sp³-hybridized carbons (Fsp3) is 0.385. The third-order valence-electron chi connectivity index (χ3n) is 2.59. The van der Waals surface area contributed by atoms with Gasteiger partial charge in [0.15, 0.2) is 0 Å². The van der Waals surface area contributed by atoms with Crippen LogP contribution in [-0.2, 0) is 0 Å². The van der Waals surface area contributed by atoms with Gasteiger partial charge in [0.25, 0.3) is 0 Å². The van der Waals surface area contributed by atoms with E-state index in [-0.39, 0.29) is 0 Å². The molecule has 0 radical (unpaired) electrons. The lowest BCUT2D eigenvalue weighted by atomic mass is 10.1. The topological polar surface area (TPSA) is 12.0 Å². The Labute approximate surface area is 85.8 Å². The maximum Gasteiger partial charge on any atom is 0.0135 e. The Morgan fingerprint density at radius 1 is 1.43 bits per heavy atom. The van der Waals surface area contributed by atoms with Crippen molar-refractivity contribution >= 4 is 6.08 Å². The van der Waals surface area contributed by atoms with E-state index in [1.807, 2.05) is 7.05 Å². The normalized spacial score (nSPS) is 16.4. The van der Waals surface area contributed by atoms with Gasteiger partial charge >= 0.3 is 0 Å². The molecule has 0 heterocycles. The van der Waals surface area contributed by atoms with E-state index in [2.05, 4.69) is 41.7 Å². The van der Waals surface area contributed by atoms with E-state index in [1.54, 1.807) is 0 Å². The van der Waals surface area contributed by atoms with Crippen LogP contribution in [0.4, 0.5) is 0 Å². The summed E-state index contributed by atoms with van der Waals surface area (Å²) < 4.78 is 0. The monoisotopic (exact) mass is 187 g/mol. The lowest BCUT2D eigenvalue weighted by Crippen LogP contribution is -2.03. The molecule has 0 saturated heterocycles. The summed E-state index contributed by atoms with van der Waals surface area (Å²) in [5.41, 5.74) is 2.83. The summed E-state index contributed by atoms with van der Waals surface area (Å²) in [6.07, 6.45) is 7.10. The van der Waals surface area contributed by atoms with Gasteiger partial charge in [-0.2, -0.15) is 0 Å². The first-order valence-electron chi connectivity index (χ1n) is 5.31. The van der Waals surface area contributed by atoms with Gasteiger partial charge in [-0.3, -0.25) is 0 Å². The fourth-order valence-electron chi connectivity index (χ4n) is 1.65. The average Bonchev–Trinajstić information content (AvgIpc) is 3.02. The standard InChI is InChI=1S/C13H17N/c1-14-9-3-5-11-4-2-6-13(10-11)12-7-8-12/h2-6,10,12,14H,7-9H2,1H3. The molecule has 0 bridgehead atoms. The lowest BCUT2D eigenvalue weighted by Gasteiger charge is -1.99. The van der Waals surface area contributed by atoms with Crippen LogP contribution in [0.1, 0.15) is 29.9 Å². The number of rotatable bonds is 4. The van der Waals surface area contributed by atoms with Gasteiger partial charge in [-0.1, -0.05) is 36.4 Å². The maximum atomic E-state index is 3.10. The highest BCUT2D eigenvalue weighted by molar-refractivity contribution is 5.51. The zero-order valence-corrected chi connectivity index (χ0v) is 8.66. The molecule has 1 nitrogen and oxygen atoms in total. The summed E-state index contributed by atoms with van der Waals surface area (Å²) in [5, 5.41) is 3.10. The molecule has 1 aromatic carbocycles. The minimum absolute atomic E-state index is 0.854. The molecule has 74 valence electrons. The molecule has 1 saturated carbocycles. The zero-order valence-electron chi connectivity index (χ0n) is 8.66. The predicted octanol–water partition coefficient (Wildman–Crippen LogP) is 2.80. The molecular weight excluding hydrogens is 170 g/mol. The Kier molecular flexibility index (Phi) is 3.00. The van der Waals surface area contributed by atoms with E-state index >= 15 is 0 Å². The minimum Gasteiger partial charge on any atom is -0.316 e. The van der Waals surface area contributed by atoms with Gasteiger partial charge in [0, 0.05) is 6.54 Å². The molecule has 0 unspecified atom stereocenters. The van der Waals surface area contributed by atoms with Crippen LogP contribution in [0.5, 0.6) is 0 Å². The second-order valence-electron chi connectivity index (χ2n) is 3.90. The number of hydrogen-bond acceptors (Lipinski definition) is 1. The van der Waals surface area contributed by atoms with Crippen molar-refractivity contribution in [2.24, 2.45) is 0 Å². The van der Waals surface area contributed by atoms with Gasteiger partial charge in [-0.05, 0) is 36.9 Å². The first kappa shape index (κ1) is 9.47. The third kappa shape index (κ3) is 2.46. The van der Waals surface area contributed by atoms with E-state index in [9.17, 15) is 0 Å². The summed E-state index contributed by atoms with van der Waals surface area (Å²) in [4.78, 5) is 0.